The van der Waals surface area contributed by atoms with Gasteiger partial charge in [0.25, 0.3) is 0 Å². The summed E-state index contributed by atoms with van der Waals surface area (Å²) in [6.45, 7) is 0. The molecule has 0 atom stereocenters. The standard InChI is InChI=1S/C12H25BrO3S.Na/c13-11-9-7-5-3-1-2-4-6-8-10-12-17(14,15)16;/h1-12H2,(H,14,15,16);/q;+1/p-1. The van der Waals surface area contributed by atoms with Crippen molar-refractivity contribution in [2.75, 3.05) is 11.1 Å². The second kappa shape index (κ2) is 14.8. The molecular weight excluding hydrogens is 327 g/mol. The maximum Gasteiger partial charge on any atom is 1.00 e. The molecule has 0 aliphatic heterocycles. The fourth-order valence-corrected chi connectivity index (χ4v) is 2.74. The summed E-state index contributed by atoms with van der Waals surface area (Å²) >= 11 is 3.42. The second-order valence-corrected chi connectivity index (χ2v) is 6.80. The van der Waals surface area contributed by atoms with Gasteiger partial charge in [0.1, 0.15) is 0 Å². The van der Waals surface area contributed by atoms with Crippen molar-refractivity contribution >= 4 is 26.0 Å². The fourth-order valence-electron chi connectivity index (χ4n) is 1.79. The molecule has 0 rings (SSSR count). The molecule has 6 heteroatoms. The Morgan fingerprint density at radius 1 is 0.722 bits per heavy atom. The minimum absolute atomic E-state index is 0. The summed E-state index contributed by atoms with van der Waals surface area (Å²) in [6, 6.07) is 0. The minimum atomic E-state index is -3.99. The summed E-state index contributed by atoms with van der Waals surface area (Å²) in [5, 5.41) is 1.11. The van der Waals surface area contributed by atoms with Crippen molar-refractivity contribution < 1.29 is 42.5 Å². The third-order valence-corrected chi connectivity index (χ3v) is 4.13. The summed E-state index contributed by atoms with van der Waals surface area (Å²) in [6.07, 6.45) is 11.3. The third kappa shape index (κ3) is 19.7. The van der Waals surface area contributed by atoms with Gasteiger partial charge in [0, 0.05) is 11.1 Å². The molecule has 0 heterocycles. The van der Waals surface area contributed by atoms with Crippen molar-refractivity contribution in [3.05, 3.63) is 0 Å². The number of alkyl halides is 1. The Morgan fingerprint density at radius 2 is 1.06 bits per heavy atom. The first-order valence-corrected chi connectivity index (χ1v) is 9.25. The predicted molar refractivity (Wildman–Crippen MR) is 74.5 cm³/mol. The summed E-state index contributed by atoms with van der Waals surface area (Å²) in [4.78, 5) is 0. The van der Waals surface area contributed by atoms with Crippen molar-refractivity contribution in [2.45, 2.75) is 64.2 Å². The molecule has 0 aliphatic rings. The molecule has 0 unspecified atom stereocenters. The molecule has 0 aliphatic carbocycles. The second-order valence-electron chi connectivity index (χ2n) is 4.49. The molecule has 0 spiro atoms. The molecule has 0 aromatic heterocycles. The number of rotatable bonds is 12. The van der Waals surface area contributed by atoms with E-state index in [4.69, 9.17) is 0 Å². The van der Waals surface area contributed by atoms with E-state index >= 15 is 0 Å². The van der Waals surface area contributed by atoms with Crippen LogP contribution in [0.15, 0.2) is 0 Å². The van der Waals surface area contributed by atoms with Crippen molar-refractivity contribution in [3.63, 3.8) is 0 Å². The molecule has 0 radical (unpaired) electrons. The summed E-state index contributed by atoms with van der Waals surface area (Å²) in [5.41, 5.74) is 0. The van der Waals surface area contributed by atoms with Gasteiger partial charge in [-0.3, -0.25) is 0 Å². The molecule has 0 bridgehead atoms. The van der Waals surface area contributed by atoms with Crippen LogP contribution in [0.2, 0.25) is 0 Å². The number of hydrogen-bond acceptors (Lipinski definition) is 3. The van der Waals surface area contributed by atoms with Gasteiger partial charge in [0.2, 0.25) is 0 Å². The number of unbranched alkanes of at least 4 members (excludes halogenated alkanes) is 9. The molecule has 0 N–H and O–H groups in total. The van der Waals surface area contributed by atoms with Crippen LogP contribution >= 0.6 is 15.9 Å². The summed E-state index contributed by atoms with van der Waals surface area (Å²) in [5.74, 6) is -0.195. The minimum Gasteiger partial charge on any atom is -0.748 e. The van der Waals surface area contributed by atoms with Gasteiger partial charge in [0.15, 0.2) is 0 Å². The summed E-state index contributed by atoms with van der Waals surface area (Å²) in [7, 11) is -3.99. The smallest absolute Gasteiger partial charge is 0.748 e. The van der Waals surface area contributed by atoms with E-state index in [1.54, 1.807) is 0 Å². The van der Waals surface area contributed by atoms with Crippen LogP contribution in [0.3, 0.4) is 0 Å². The van der Waals surface area contributed by atoms with Crippen LogP contribution in [-0.2, 0) is 10.1 Å². The zero-order chi connectivity index (χ0) is 13.0. The average molecular weight is 351 g/mol. The summed E-state index contributed by atoms with van der Waals surface area (Å²) < 4.78 is 31.0. The Bertz CT molecular complexity index is 258. The quantitative estimate of drug-likeness (QED) is 0.227. The van der Waals surface area contributed by atoms with Gasteiger partial charge >= 0.3 is 29.6 Å². The Morgan fingerprint density at radius 3 is 1.39 bits per heavy atom. The Labute approximate surface area is 143 Å². The van der Waals surface area contributed by atoms with E-state index in [0.717, 1.165) is 24.6 Å². The largest absolute Gasteiger partial charge is 1.00 e. The molecule has 0 amide bonds. The van der Waals surface area contributed by atoms with Crippen LogP contribution in [0.25, 0.3) is 0 Å². The van der Waals surface area contributed by atoms with E-state index < -0.39 is 10.1 Å². The molecular formula is C12H24BrNaO3S. The van der Waals surface area contributed by atoms with Crippen molar-refractivity contribution in [1.82, 2.24) is 0 Å². The maximum atomic E-state index is 10.3. The van der Waals surface area contributed by atoms with E-state index in [0.29, 0.717) is 6.42 Å². The van der Waals surface area contributed by atoms with E-state index in [1.807, 2.05) is 0 Å². The van der Waals surface area contributed by atoms with Crippen molar-refractivity contribution in [1.29, 1.82) is 0 Å². The van der Waals surface area contributed by atoms with Crippen LogP contribution < -0.4 is 29.6 Å². The first kappa shape index (κ1) is 21.7. The average Bonchev–Trinajstić information content (AvgIpc) is 2.24. The normalized spacial score (nSPS) is 11.2. The van der Waals surface area contributed by atoms with E-state index in [1.165, 1.54) is 38.5 Å². The van der Waals surface area contributed by atoms with Gasteiger partial charge in [0.05, 0.1) is 10.1 Å². The van der Waals surface area contributed by atoms with Crippen LogP contribution in [-0.4, -0.2) is 24.1 Å². The Kier molecular flexibility index (Phi) is 17.8. The van der Waals surface area contributed by atoms with Crippen molar-refractivity contribution in [2.24, 2.45) is 0 Å². The van der Waals surface area contributed by atoms with E-state index in [-0.39, 0.29) is 35.3 Å². The fraction of sp³-hybridized carbons (Fsp3) is 1.00. The van der Waals surface area contributed by atoms with Crippen LogP contribution in [0.1, 0.15) is 64.2 Å². The Hall–Kier alpha value is 1.39. The van der Waals surface area contributed by atoms with E-state index in [2.05, 4.69) is 15.9 Å². The topological polar surface area (TPSA) is 57.2 Å². The van der Waals surface area contributed by atoms with Gasteiger partial charge in [-0.25, -0.2) is 8.42 Å². The zero-order valence-corrected chi connectivity index (χ0v) is 15.9. The van der Waals surface area contributed by atoms with E-state index in [9.17, 15) is 13.0 Å². The number of hydrogen-bond donors (Lipinski definition) is 0. The van der Waals surface area contributed by atoms with Gasteiger partial charge < -0.3 is 4.55 Å². The SMILES string of the molecule is O=S(=O)([O-])CCCCCCCCCCCCBr.[Na+]. The molecule has 0 fully saturated rings. The first-order chi connectivity index (χ1) is 8.06. The third-order valence-electron chi connectivity index (χ3n) is 2.78. The Balaban J connectivity index is 0. The van der Waals surface area contributed by atoms with Crippen LogP contribution in [0.5, 0.6) is 0 Å². The molecule has 0 aromatic rings. The number of halogens is 1. The van der Waals surface area contributed by atoms with Crippen molar-refractivity contribution in [3.8, 4) is 0 Å². The van der Waals surface area contributed by atoms with Gasteiger partial charge in [-0.05, 0) is 12.8 Å². The molecule has 0 aromatic carbocycles. The van der Waals surface area contributed by atoms with Crippen LogP contribution in [0.4, 0.5) is 0 Å². The molecule has 18 heavy (non-hydrogen) atoms. The zero-order valence-electron chi connectivity index (χ0n) is 11.5. The monoisotopic (exact) mass is 350 g/mol. The first-order valence-electron chi connectivity index (χ1n) is 6.56. The van der Waals surface area contributed by atoms with Crippen LogP contribution in [0, 0.1) is 0 Å². The van der Waals surface area contributed by atoms with Gasteiger partial charge in [-0.15, -0.1) is 0 Å². The van der Waals surface area contributed by atoms with Gasteiger partial charge in [-0.1, -0.05) is 67.3 Å². The molecule has 3 nitrogen and oxygen atoms in total. The molecule has 0 saturated carbocycles. The van der Waals surface area contributed by atoms with Gasteiger partial charge in [-0.2, -0.15) is 0 Å². The molecule has 104 valence electrons. The maximum absolute atomic E-state index is 10.3. The molecule has 0 saturated heterocycles. The predicted octanol–water partition coefficient (Wildman–Crippen LogP) is 0.832.